The molecule has 21 heavy (non-hydrogen) atoms. The Morgan fingerprint density at radius 1 is 1.43 bits per heavy atom. The quantitative estimate of drug-likeness (QED) is 0.541. The molecule has 0 heterocycles. The van der Waals surface area contributed by atoms with E-state index in [-0.39, 0.29) is 23.6 Å². The molecule has 1 rings (SSSR count). The second kappa shape index (κ2) is 6.85. The van der Waals surface area contributed by atoms with Gasteiger partial charge in [0.1, 0.15) is 11.3 Å². The Labute approximate surface area is 122 Å². The zero-order valence-electron chi connectivity index (χ0n) is 11.5. The van der Waals surface area contributed by atoms with E-state index in [4.69, 9.17) is 5.11 Å². The van der Waals surface area contributed by atoms with Crippen LogP contribution in [0, 0.1) is 6.92 Å². The highest BCUT2D eigenvalue weighted by molar-refractivity contribution is 7.89. The molecule has 1 aromatic rings. The fourth-order valence-electron chi connectivity index (χ4n) is 1.67. The normalized spacial score (nSPS) is 13.1. The maximum atomic E-state index is 12.1. The van der Waals surface area contributed by atoms with Crippen LogP contribution in [0.2, 0.25) is 0 Å². The molecular weight excluding hydrogens is 302 g/mol. The van der Waals surface area contributed by atoms with Crippen molar-refractivity contribution in [3.8, 4) is 5.75 Å². The SMILES string of the molecule is COCC(O)CNS(=O)(=O)c1cc(C(=O)O)c(O)cc1C. The van der Waals surface area contributed by atoms with Gasteiger partial charge in [0, 0.05) is 13.7 Å². The molecule has 0 aromatic heterocycles. The van der Waals surface area contributed by atoms with Crippen molar-refractivity contribution in [2.24, 2.45) is 0 Å². The molecule has 0 bridgehead atoms. The second-order valence-electron chi connectivity index (χ2n) is 4.40. The third kappa shape index (κ3) is 4.39. The number of rotatable bonds is 7. The Bertz CT molecular complexity index is 627. The first-order valence-electron chi connectivity index (χ1n) is 5.92. The van der Waals surface area contributed by atoms with Gasteiger partial charge in [-0.1, -0.05) is 0 Å². The third-order valence-corrected chi connectivity index (χ3v) is 4.25. The first kappa shape index (κ1) is 17.4. The van der Waals surface area contributed by atoms with E-state index in [1.165, 1.54) is 14.0 Å². The van der Waals surface area contributed by atoms with Gasteiger partial charge in [0.05, 0.1) is 17.6 Å². The van der Waals surface area contributed by atoms with Gasteiger partial charge >= 0.3 is 5.97 Å². The number of aromatic hydroxyl groups is 1. The molecule has 4 N–H and O–H groups in total. The summed E-state index contributed by atoms with van der Waals surface area (Å²) in [6.45, 7) is 1.10. The molecule has 1 atom stereocenters. The number of hydrogen-bond acceptors (Lipinski definition) is 6. The average molecular weight is 319 g/mol. The minimum absolute atomic E-state index is 0.0442. The smallest absolute Gasteiger partial charge is 0.339 e. The van der Waals surface area contributed by atoms with E-state index in [0.29, 0.717) is 0 Å². The van der Waals surface area contributed by atoms with Gasteiger partial charge in [-0.2, -0.15) is 0 Å². The number of carboxylic acids is 1. The number of carbonyl (C=O) groups is 1. The van der Waals surface area contributed by atoms with E-state index in [9.17, 15) is 23.4 Å². The standard InChI is InChI=1S/C12H17NO7S/c1-7-3-10(15)9(12(16)17)4-11(7)21(18,19)13-5-8(14)6-20-2/h3-4,8,13-15H,5-6H2,1-2H3,(H,16,17). The first-order valence-corrected chi connectivity index (χ1v) is 7.41. The molecule has 0 fully saturated rings. The summed E-state index contributed by atoms with van der Waals surface area (Å²) in [6.07, 6.45) is -1.03. The maximum Gasteiger partial charge on any atom is 0.339 e. The summed E-state index contributed by atoms with van der Waals surface area (Å²) in [5, 5.41) is 27.8. The van der Waals surface area contributed by atoms with E-state index < -0.39 is 33.4 Å². The number of aryl methyl sites for hydroxylation is 1. The largest absolute Gasteiger partial charge is 0.507 e. The number of aromatic carboxylic acids is 1. The number of carboxylic acid groups (broad SMARTS) is 1. The van der Waals surface area contributed by atoms with E-state index >= 15 is 0 Å². The summed E-state index contributed by atoms with van der Waals surface area (Å²) in [5.74, 6) is -1.96. The van der Waals surface area contributed by atoms with E-state index in [0.717, 1.165) is 12.1 Å². The van der Waals surface area contributed by atoms with E-state index in [2.05, 4.69) is 9.46 Å². The predicted octanol–water partition coefficient (Wildman–Crippen LogP) is -0.316. The van der Waals surface area contributed by atoms with Crippen molar-refractivity contribution in [3.05, 3.63) is 23.3 Å². The van der Waals surface area contributed by atoms with E-state index in [1.54, 1.807) is 0 Å². The lowest BCUT2D eigenvalue weighted by atomic mass is 10.1. The Hall–Kier alpha value is -1.68. The molecule has 8 nitrogen and oxygen atoms in total. The zero-order valence-corrected chi connectivity index (χ0v) is 12.3. The third-order valence-electron chi connectivity index (χ3n) is 2.68. The minimum atomic E-state index is -4.02. The molecule has 1 unspecified atom stereocenters. The van der Waals surface area contributed by atoms with Gasteiger partial charge in [-0.15, -0.1) is 0 Å². The molecule has 0 spiro atoms. The van der Waals surface area contributed by atoms with Gasteiger partial charge in [0.15, 0.2) is 0 Å². The lowest BCUT2D eigenvalue weighted by Crippen LogP contribution is -2.34. The Kier molecular flexibility index (Phi) is 5.67. The molecule has 0 saturated carbocycles. The monoisotopic (exact) mass is 319 g/mol. The number of aliphatic hydroxyl groups is 1. The summed E-state index contributed by atoms with van der Waals surface area (Å²) < 4.78 is 31.0. The molecule has 0 aliphatic rings. The fraction of sp³-hybridized carbons (Fsp3) is 0.417. The highest BCUT2D eigenvalue weighted by atomic mass is 32.2. The van der Waals surface area contributed by atoms with Crippen molar-refractivity contribution in [3.63, 3.8) is 0 Å². The molecular formula is C12H17NO7S. The Morgan fingerprint density at radius 3 is 2.57 bits per heavy atom. The van der Waals surface area contributed by atoms with Crippen molar-refractivity contribution in [2.45, 2.75) is 17.9 Å². The fourth-order valence-corrected chi connectivity index (χ4v) is 2.99. The van der Waals surface area contributed by atoms with Crippen molar-refractivity contribution in [2.75, 3.05) is 20.3 Å². The Morgan fingerprint density at radius 2 is 2.05 bits per heavy atom. The number of methoxy groups -OCH3 is 1. The van der Waals surface area contributed by atoms with Crippen LogP contribution in [0.5, 0.6) is 5.75 Å². The lowest BCUT2D eigenvalue weighted by Gasteiger charge is -2.13. The molecule has 118 valence electrons. The Balaban J connectivity index is 3.08. The van der Waals surface area contributed by atoms with Crippen molar-refractivity contribution in [1.29, 1.82) is 0 Å². The van der Waals surface area contributed by atoms with Crippen LogP contribution in [0.1, 0.15) is 15.9 Å². The number of hydrogen-bond donors (Lipinski definition) is 4. The number of sulfonamides is 1. The van der Waals surface area contributed by atoms with Gasteiger partial charge < -0.3 is 20.1 Å². The van der Waals surface area contributed by atoms with Crippen LogP contribution in [-0.4, -0.2) is 56.1 Å². The van der Waals surface area contributed by atoms with Crippen molar-refractivity contribution in [1.82, 2.24) is 4.72 Å². The van der Waals surface area contributed by atoms with Gasteiger partial charge in [0.2, 0.25) is 10.0 Å². The van der Waals surface area contributed by atoms with Crippen molar-refractivity contribution < 1.29 is 33.3 Å². The molecule has 0 saturated heterocycles. The minimum Gasteiger partial charge on any atom is -0.507 e. The van der Waals surface area contributed by atoms with Crippen LogP contribution in [-0.2, 0) is 14.8 Å². The van der Waals surface area contributed by atoms with Gasteiger partial charge in [-0.3, -0.25) is 0 Å². The van der Waals surface area contributed by atoms with Crippen LogP contribution in [0.3, 0.4) is 0 Å². The zero-order chi connectivity index (χ0) is 16.2. The summed E-state index contributed by atoms with van der Waals surface area (Å²) in [6, 6.07) is 1.93. The van der Waals surface area contributed by atoms with Crippen molar-refractivity contribution >= 4 is 16.0 Å². The van der Waals surface area contributed by atoms with Crippen LogP contribution < -0.4 is 4.72 Å². The summed E-state index contributed by atoms with van der Waals surface area (Å²) in [4.78, 5) is 10.7. The summed E-state index contributed by atoms with van der Waals surface area (Å²) >= 11 is 0. The molecule has 1 aromatic carbocycles. The topological polar surface area (TPSA) is 133 Å². The predicted molar refractivity (Wildman–Crippen MR) is 72.9 cm³/mol. The average Bonchev–Trinajstić information content (AvgIpc) is 2.36. The van der Waals surface area contributed by atoms with Crippen LogP contribution in [0.15, 0.2) is 17.0 Å². The first-order chi connectivity index (χ1) is 9.69. The van der Waals surface area contributed by atoms with Crippen LogP contribution >= 0.6 is 0 Å². The highest BCUT2D eigenvalue weighted by Gasteiger charge is 2.22. The second-order valence-corrected chi connectivity index (χ2v) is 6.14. The van der Waals surface area contributed by atoms with Crippen LogP contribution in [0.25, 0.3) is 0 Å². The highest BCUT2D eigenvalue weighted by Crippen LogP contribution is 2.25. The molecule has 9 heteroatoms. The molecule has 0 aliphatic heterocycles. The van der Waals surface area contributed by atoms with Gasteiger partial charge in [0.25, 0.3) is 0 Å². The number of phenols is 1. The molecule has 0 amide bonds. The molecule has 0 aliphatic carbocycles. The summed E-state index contributed by atoms with van der Waals surface area (Å²) in [5.41, 5.74) is -0.329. The number of aliphatic hydroxyl groups excluding tert-OH is 1. The lowest BCUT2D eigenvalue weighted by molar-refractivity contribution is 0.0678. The maximum absolute atomic E-state index is 12.1. The number of nitrogens with one attached hydrogen (secondary N) is 1. The van der Waals surface area contributed by atoms with E-state index in [1.807, 2.05) is 0 Å². The number of ether oxygens (including phenoxy) is 1. The van der Waals surface area contributed by atoms with Gasteiger partial charge in [-0.25, -0.2) is 17.9 Å². The van der Waals surface area contributed by atoms with Gasteiger partial charge in [-0.05, 0) is 24.6 Å². The van der Waals surface area contributed by atoms with Crippen LogP contribution in [0.4, 0.5) is 0 Å². The summed E-state index contributed by atoms with van der Waals surface area (Å²) in [7, 11) is -2.66. The number of benzene rings is 1. The molecule has 0 radical (unpaired) electrons.